The molecule has 0 bridgehead atoms. The summed E-state index contributed by atoms with van der Waals surface area (Å²) in [5.41, 5.74) is -1.14. The van der Waals surface area contributed by atoms with Gasteiger partial charge in [0.05, 0.1) is 5.41 Å². The SMILES string of the molecule is CC1(C(=O)O)CCN(S(=O)(=O)c2ccc3ccccc3c2F)C1. The van der Waals surface area contributed by atoms with Crippen molar-refractivity contribution in [3.63, 3.8) is 0 Å². The van der Waals surface area contributed by atoms with E-state index in [0.717, 1.165) is 4.31 Å². The van der Waals surface area contributed by atoms with Crippen molar-refractivity contribution < 1.29 is 22.7 Å². The Morgan fingerprint density at radius 3 is 2.61 bits per heavy atom. The van der Waals surface area contributed by atoms with Crippen LogP contribution in [0.5, 0.6) is 0 Å². The molecule has 7 heteroatoms. The first-order valence-corrected chi connectivity index (χ1v) is 8.60. The van der Waals surface area contributed by atoms with E-state index in [1.807, 2.05) is 0 Å². The van der Waals surface area contributed by atoms with Crippen LogP contribution in [0.25, 0.3) is 10.8 Å². The van der Waals surface area contributed by atoms with E-state index in [0.29, 0.717) is 5.39 Å². The smallest absolute Gasteiger partial charge is 0.310 e. The summed E-state index contributed by atoms with van der Waals surface area (Å²) in [5, 5.41) is 10.1. The number of sulfonamides is 1. The molecule has 3 rings (SSSR count). The molecule has 0 saturated carbocycles. The molecule has 2 aromatic rings. The highest BCUT2D eigenvalue weighted by molar-refractivity contribution is 7.89. The normalized spacial score (nSPS) is 22.5. The van der Waals surface area contributed by atoms with Gasteiger partial charge in [-0.15, -0.1) is 0 Å². The third-order valence-corrected chi connectivity index (χ3v) is 6.26. The topological polar surface area (TPSA) is 74.7 Å². The zero-order valence-electron chi connectivity index (χ0n) is 12.5. The largest absolute Gasteiger partial charge is 0.481 e. The average Bonchev–Trinajstić information content (AvgIpc) is 2.92. The van der Waals surface area contributed by atoms with Crippen LogP contribution in [0.3, 0.4) is 0 Å². The highest BCUT2D eigenvalue weighted by atomic mass is 32.2. The van der Waals surface area contributed by atoms with Crippen molar-refractivity contribution >= 4 is 26.8 Å². The Hall–Kier alpha value is -1.99. The number of halogens is 1. The molecule has 1 aliphatic rings. The monoisotopic (exact) mass is 337 g/mol. The second kappa shape index (κ2) is 5.28. The van der Waals surface area contributed by atoms with Crippen LogP contribution >= 0.6 is 0 Å². The van der Waals surface area contributed by atoms with Gasteiger partial charge in [-0.1, -0.05) is 30.3 Å². The molecule has 0 radical (unpaired) electrons. The van der Waals surface area contributed by atoms with Crippen molar-refractivity contribution in [2.45, 2.75) is 18.2 Å². The quantitative estimate of drug-likeness (QED) is 0.934. The minimum Gasteiger partial charge on any atom is -0.481 e. The predicted molar refractivity (Wildman–Crippen MR) is 83.0 cm³/mol. The summed E-state index contributed by atoms with van der Waals surface area (Å²) in [5.74, 6) is -1.85. The maximum Gasteiger partial charge on any atom is 0.310 e. The van der Waals surface area contributed by atoms with Crippen LogP contribution in [0.15, 0.2) is 41.3 Å². The van der Waals surface area contributed by atoms with Gasteiger partial charge in [0.25, 0.3) is 0 Å². The van der Waals surface area contributed by atoms with Crippen molar-refractivity contribution in [1.82, 2.24) is 4.31 Å². The second-order valence-corrected chi connectivity index (χ2v) is 7.96. The number of rotatable bonds is 3. The number of hydrogen-bond acceptors (Lipinski definition) is 3. The number of nitrogens with zero attached hydrogens (tertiary/aromatic N) is 1. The van der Waals surface area contributed by atoms with Crippen LogP contribution < -0.4 is 0 Å². The number of carbonyl (C=O) groups is 1. The van der Waals surface area contributed by atoms with E-state index in [1.54, 1.807) is 24.3 Å². The molecule has 1 atom stereocenters. The van der Waals surface area contributed by atoms with E-state index < -0.39 is 32.1 Å². The summed E-state index contributed by atoms with van der Waals surface area (Å²) < 4.78 is 41.1. The molecular formula is C16H16FNO4S. The second-order valence-electron chi connectivity index (χ2n) is 6.05. The van der Waals surface area contributed by atoms with Gasteiger partial charge in [0.2, 0.25) is 10.0 Å². The molecule has 1 fully saturated rings. The van der Waals surface area contributed by atoms with Crippen molar-refractivity contribution in [1.29, 1.82) is 0 Å². The molecule has 1 N–H and O–H groups in total. The Kier molecular flexibility index (Phi) is 3.65. The van der Waals surface area contributed by atoms with E-state index in [-0.39, 0.29) is 24.9 Å². The maximum atomic E-state index is 14.6. The average molecular weight is 337 g/mol. The summed E-state index contributed by atoms with van der Waals surface area (Å²) in [6.07, 6.45) is 0.205. The Morgan fingerprint density at radius 2 is 1.96 bits per heavy atom. The molecule has 23 heavy (non-hydrogen) atoms. The van der Waals surface area contributed by atoms with Crippen LogP contribution in [0.1, 0.15) is 13.3 Å². The molecule has 0 aromatic heterocycles. The van der Waals surface area contributed by atoms with E-state index in [9.17, 15) is 22.7 Å². The van der Waals surface area contributed by atoms with Crippen molar-refractivity contribution in [2.24, 2.45) is 5.41 Å². The minimum absolute atomic E-state index is 0.0669. The van der Waals surface area contributed by atoms with Gasteiger partial charge in [0.1, 0.15) is 4.90 Å². The zero-order chi connectivity index (χ0) is 16.8. The lowest BCUT2D eigenvalue weighted by Gasteiger charge is -2.20. The van der Waals surface area contributed by atoms with Crippen LogP contribution in [0, 0.1) is 11.2 Å². The van der Waals surface area contributed by atoms with Crippen LogP contribution in [0.2, 0.25) is 0 Å². The highest BCUT2D eigenvalue weighted by Gasteiger charge is 2.45. The Balaban J connectivity index is 2.05. The van der Waals surface area contributed by atoms with Gasteiger partial charge in [0, 0.05) is 18.5 Å². The standard InChI is InChI=1S/C16H16FNO4S/c1-16(15(19)20)8-9-18(10-16)23(21,22)13-7-6-11-4-2-3-5-12(11)14(13)17/h2-7H,8-10H2,1H3,(H,19,20). The lowest BCUT2D eigenvalue weighted by molar-refractivity contribution is -0.146. The minimum atomic E-state index is -4.07. The molecule has 5 nitrogen and oxygen atoms in total. The van der Waals surface area contributed by atoms with Gasteiger partial charge in [-0.05, 0) is 24.8 Å². The number of benzene rings is 2. The molecular weight excluding hydrogens is 321 g/mol. The first kappa shape index (κ1) is 15.9. The third kappa shape index (κ3) is 2.49. The number of hydrogen-bond donors (Lipinski definition) is 1. The van der Waals surface area contributed by atoms with Gasteiger partial charge in [0.15, 0.2) is 5.82 Å². The van der Waals surface area contributed by atoms with Gasteiger partial charge < -0.3 is 5.11 Å². The van der Waals surface area contributed by atoms with E-state index in [1.165, 1.54) is 19.1 Å². The molecule has 1 heterocycles. The molecule has 1 unspecified atom stereocenters. The Labute approximate surface area is 133 Å². The first-order valence-electron chi connectivity index (χ1n) is 7.16. The van der Waals surface area contributed by atoms with Gasteiger partial charge in [-0.2, -0.15) is 4.31 Å². The summed E-state index contributed by atoms with van der Waals surface area (Å²) in [7, 11) is -4.07. The summed E-state index contributed by atoms with van der Waals surface area (Å²) >= 11 is 0. The number of carboxylic acid groups (broad SMARTS) is 1. The van der Waals surface area contributed by atoms with Crippen LogP contribution in [0.4, 0.5) is 4.39 Å². The molecule has 2 aromatic carbocycles. The maximum absolute atomic E-state index is 14.6. The highest BCUT2D eigenvalue weighted by Crippen LogP contribution is 2.35. The fourth-order valence-corrected chi connectivity index (χ4v) is 4.49. The molecule has 0 amide bonds. The van der Waals surface area contributed by atoms with E-state index in [2.05, 4.69) is 0 Å². The van der Waals surface area contributed by atoms with Crippen molar-refractivity contribution in [3.05, 3.63) is 42.2 Å². The molecule has 122 valence electrons. The van der Waals surface area contributed by atoms with Crippen molar-refractivity contribution in [2.75, 3.05) is 13.1 Å². The number of aliphatic carboxylic acids is 1. The molecule has 1 saturated heterocycles. The van der Waals surface area contributed by atoms with Gasteiger partial charge >= 0.3 is 5.97 Å². The van der Waals surface area contributed by atoms with E-state index in [4.69, 9.17) is 0 Å². The van der Waals surface area contributed by atoms with Crippen LogP contribution in [-0.2, 0) is 14.8 Å². The third-order valence-electron chi connectivity index (χ3n) is 4.40. The Morgan fingerprint density at radius 1 is 1.26 bits per heavy atom. The molecule has 0 aliphatic carbocycles. The summed E-state index contributed by atoms with van der Waals surface area (Å²) in [6, 6.07) is 9.40. The lowest BCUT2D eigenvalue weighted by Crippen LogP contribution is -2.35. The predicted octanol–water partition coefficient (Wildman–Crippen LogP) is 2.46. The van der Waals surface area contributed by atoms with Crippen molar-refractivity contribution in [3.8, 4) is 0 Å². The van der Waals surface area contributed by atoms with Crippen LogP contribution in [-0.4, -0.2) is 36.9 Å². The fraction of sp³-hybridized carbons (Fsp3) is 0.312. The zero-order valence-corrected chi connectivity index (χ0v) is 13.3. The van der Waals surface area contributed by atoms with Gasteiger partial charge in [-0.25, -0.2) is 12.8 Å². The number of fused-ring (bicyclic) bond motifs is 1. The lowest BCUT2D eigenvalue weighted by atomic mass is 9.90. The molecule has 1 aliphatic heterocycles. The Bertz CT molecular complexity index is 896. The first-order chi connectivity index (χ1) is 10.8. The number of carboxylic acids is 1. The fourth-order valence-electron chi connectivity index (χ4n) is 2.85. The van der Waals surface area contributed by atoms with E-state index >= 15 is 0 Å². The molecule has 0 spiro atoms. The summed E-state index contributed by atoms with van der Waals surface area (Å²) in [6.45, 7) is 1.41. The van der Waals surface area contributed by atoms with Gasteiger partial charge in [-0.3, -0.25) is 4.79 Å². The summed E-state index contributed by atoms with van der Waals surface area (Å²) in [4.78, 5) is 10.9.